The predicted molar refractivity (Wildman–Crippen MR) is 289 cm³/mol. The lowest BCUT2D eigenvalue weighted by Crippen LogP contribution is -2.28. The zero-order valence-corrected chi connectivity index (χ0v) is 45.8. The summed E-state index contributed by atoms with van der Waals surface area (Å²) in [5.41, 5.74) is 5.41. The lowest BCUT2D eigenvalue weighted by Gasteiger charge is -2.20. The number of esters is 1. The Balaban J connectivity index is 3.82. The van der Waals surface area contributed by atoms with Crippen LogP contribution in [-0.2, 0) is 27.9 Å². The molecule has 0 saturated carbocycles. The third-order valence-electron chi connectivity index (χ3n) is 13.4. The monoisotopic (exact) mass is 970 g/mol. The van der Waals surface area contributed by atoms with Gasteiger partial charge in [-0.2, -0.15) is 0 Å². The van der Waals surface area contributed by atoms with E-state index in [0.717, 1.165) is 32.1 Å². The average molecular weight is 971 g/mol. The first-order valence-corrected chi connectivity index (χ1v) is 31.2. The molecule has 67 heavy (non-hydrogen) atoms. The van der Waals surface area contributed by atoms with E-state index in [0.29, 0.717) is 13.0 Å². The van der Waals surface area contributed by atoms with Crippen molar-refractivity contribution in [3.8, 4) is 0 Å². The van der Waals surface area contributed by atoms with Crippen LogP contribution in [-0.4, -0.2) is 49.9 Å². The molecule has 0 spiro atoms. The summed E-state index contributed by atoms with van der Waals surface area (Å²) < 4.78 is 33.7. The van der Waals surface area contributed by atoms with Crippen LogP contribution in [0.25, 0.3) is 0 Å². The summed E-state index contributed by atoms with van der Waals surface area (Å²) in [4.78, 5) is 22.7. The van der Waals surface area contributed by atoms with E-state index in [-0.39, 0.29) is 32.3 Å². The van der Waals surface area contributed by atoms with Crippen molar-refractivity contribution in [3.05, 3.63) is 12.2 Å². The second-order valence-electron chi connectivity index (χ2n) is 20.2. The first kappa shape index (κ1) is 66.2. The lowest BCUT2D eigenvalue weighted by atomic mass is 10.0. The molecule has 0 rings (SSSR count). The van der Waals surface area contributed by atoms with Gasteiger partial charge in [0.2, 0.25) is 0 Å². The van der Waals surface area contributed by atoms with Gasteiger partial charge in [0.1, 0.15) is 6.10 Å². The molecule has 3 N–H and O–H groups in total. The number of phosphoric ester groups is 1. The molecule has 0 aromatic heterocycles. The molecule has 0 heterocycles. The van der Waals surface area contributed by atoms with Gasteiger partial charge in [-0.1, -0.05) is 283 Å². The van der Waals surface area contributed by atoms with Crippen molar-refractivity contribution in [2.24, 2.45) is 5.73 Å². The van der Waals surface area contributed by atoms with Crippen LogP contribution < -0.4 is 5.73 Å². The summed E-state index contributed by atoms with van der Waals surface area (Å²) in [5.74, 6) is -0.320. The van der Waals surface area contributed by atoms with Crippen molar-refractivity contribution < 1.29 is 32.8 Å². The topological polar surface area (TPSA) is 117 Å². The van der Waals surface area contributed by atoms with E-state index < -0.39 is 13.9 Å². The largest absolute Gasteiger partial charge is 0.472 e. The lowest BCUT2D eigenvalue weighted by molar-refractivity contribution is -0.154. The van der Waals surface area contributed by atoms with E-state index in [9.17, 15) is 14.3 Å². The van der Waals surface area contributed by atoms with Crippen LogP contribution in [0.1, 0.15) is 316 Å². The minimum atomic E-state index is -4.28. The van der Waals surface area contributed by atoms with E-state index in [2.05, 4.69) is 26.0 Å². The SMILES string of the molecule is CCCCCCCCCC/C=C\CCCCCCCCCCCCCCOCC(COP(=O)(O)OCCN)OC(=O)CCCCCCCCCCCCCCCCCCCCCCCCCC. The van der Waals surface area contributed by atoms with Crippen molar-refractivity contribution >= 4 is 13.8 Å². The fraction of sp³-hybridized carbons (Fsp3) is 0.948. The summed E-state index contributed by atoms with van der Waals surface area (Å²) >= 11 is 0. The smallest absolute Gasteiger partial charge is 0.457 e. The number of nitrogens with two attached hydrogens (primary N) is 1. The molecule has 0 radical (unpaired) electrons. The molecule has 0 fully saturated rings. The van der Waals surface area contributed by atoms with E-state index >= 15 is 0 Å². The molecule has 8 nitrogen and oxygen atoms in total. The molecule has 0 saturated heterocycles. The number of unbranched alkanes of at least 4 members (excludes halogenated alkanes) is 43. The van der Waals surface area contributed by atoms with Crippen LogP contribution in [0.2, 0.25) is 0 Å². The number of hydrogen-bond donors (Lipinski definition) is 2. The third kappa shape index (κ3) is 56.0. The Morgan fingerprint density at radius 2 is 0.746 bits per heavy atom. The first-order chi connectivity index (χ1) is 32.9. The van der Waals surface area contributed by atoms with Gasteiger partial charge in [-0.05, 0) is 38.5 Å². The van der Waals surface area contributed by atoms with Crippen LogP contribution in [0.5, 0.6) is 0 Å². The number of carbonyl (C=O) groups excluding carboxylic acids is 1. The maximum atomic E-state index is 12.7. The summed E-state index contributed by atoms with van der Waals surface area (Å²) in [6.07, 6.45) is 65.6. The van der Waals surface area contributed by atoms with Crippen LogP contribution in [0.4, 0.5) is 0 Å². The molecular weight excluding hydrogens is 854 g/mol. The van der Waals surface area contributed by atoms with E-state index in [1.54, 1.807) is 0 Å². The zero-order chi connectivity index (χ0) is 48.7. The van der Waals surface area contributed by atoms with Gasteiger partial charge in [0, 0.05) is 19.6 Å². The second kappa shape index (κ2) is 56.2. The first-order valence-electron chi connectivity index (χ1n) is 29.7. The summed E-state index contributed by atoms with van der Waals surface area (Å²) in [6.45, 7) is 5.01. The summed E-state index contributed by atoms with van der Waals surface area (Å²) in [5, 5.41) is 0. The number of hydrogen-bond acceptors (Lipinski definition) is 7. The van der Waals surface area contributed by atoms with Crippen LogP contribution >= 0.6 is 7.82 Å². The van der Waals surface area contributed by atoms with Gasteiger partial charge in [0.05, 0.1) is 19.8 Å². The molecule has 0 aromatic rings. The maximum absolute atomic E-state index is 12.7. The molecule has 2 atom stereocenters. The Bertz CT molecular complexity index is 1040. The van der Waals surface area contributed by atoms with Crippen molar-refractivity contribution in [1.29, 1.82) is 0 Å². The van der Waals surface area contributed by atoms with E-state index in [1.807, 2.05) is 0 Å². The highest BCUT2D eigenvalue weighted by atomic mass is 31.2. The Labute approximate surface area is 417 Å². The Hall–Kier alpha value is -0.760. The Kier molecular flexibility index (Phi) is 55.5. The molecule has 0 amide bonds. The maximum Gasteiger partial charge on any atom is 0.472 e. The normalized spacial score (nSPS) is 13.2. The average Bonchev–Trinajstić information content (AvgIpc) is 3.32. The van der Waals surface area contributed by atoms with Crippen molar-refractivity contribution in [2.75, 3.05) is 33.0 Å². The van der Waals surface area contributed by atoms with Gasteiger partial charge >= 0.3 is 13.8 Å². The van der Waals surface area contributed by atoms with Gasteiger partial charge < -0.3 is 20.1 Å². The van der Waals surface area contributed by atoms with Gasteiger partial charge in [0.25, 0.3) is 0 Å². The quantitative estimate of drug-likeness (QED) is 0.0268. The molecule has 0 bridgehead atoms. The minimum Gasteiger partial charge on any atom is -0.457 e. The predicted octanol–water partition coefficient (Wildman–Crippen LogP) is 18.9. The van der Waals surface area contributed by atoms with Gasteiger partial charge in [-0.15, -0.1) is 0 Å². The van der Waals surface area contributed by atoms with Crippen LogP contribution in [0.3, 0.4) is 0 Å². The highest BCUT2D eigenvalue weighted by Gasteiger charge is 2.25. The third-order valence-corrected chi connectivity index (χ3v) is 14.4. The molecule has 400 valence electrons. The highest BCUT2D eigenvalue weighted by Crippen LogP contribution is 2.43. The van der Waals surface area contributed by atoms with Crippen molar-refractivity contribution in [3.63, 3.8) is 0 Å². The molecule has 0 aromatic carbocycles. The number of allylic oxidation sites excluding steroid dienone is 2. The molecule has 0 aliphatic carbocycles. The Morgan fingerprint density at radius 3 is 1.09 bits per heavy atom. The molecule has 0 aliphatic rings. The number of carbonyl (C=O) groups is 1. The van der Waals surface area contributed by atoms with Gasteiger partial charge in [-0.3, -0.25) is 13.8 Å². The minimum absolute atomic E-state index is 0.0912. The zero-order valence-electron chi connectivity index (χ0n) is 44.9. The molecule has 0 aliphatic heterocycles. The Morgan fingerprint density at radius 1 is 0.433 bits per heavy atom. The number of rotatable bonds is 58. The van der Waals surface area contributed by atoms with E-state index in [4.69, 9.17) is 24.3 Å². The van der Waals surface area contributed by atoms with Crippen LogP contribution in [0.15, 0.2) is 12.2 Å². The molecular formula is C58H116NO7P. The highest BCUT2D eigenvalue weighted by molar-refractivity contribution is 7.47. The summed E-state index contributed by atoms with van der Waals surface area (Å²) in [6, 6.07) is 0. The molecule has 2 unspecified atom stereocenters. The summed E-state index contributed by atoms with van der Waals surface area (Å²) in [7, 11) is -4.28. The van der Waals surface area contributed by atoms with Crippen LogP contribution in [0, 0.1) is 0 Å². The van der Waals surface area contributed by atoms with Gasteiger partial charge in [0.15, 0.2) is 0 Å². The van der Waals surface area contributed by atoms with Gasteiger partial charge in [-0.25, -0.2) is 4.57 Å². The van der Waals surface area contributed by atoms with Crippen molar-refractivity contribution in [2.45, 2.75) is 322 Å². The number of ether oxygens (including phenoxy) is 2. The van der Waals surface area contributed by atoms with E-state index in [1.165, 1.54) is 263 Å². The van der Waals surface area contributed by atoms with Crippen molar-refractivity contribution in [1.82, 2.24) is 0 Å². The standard InChI is InChI=1S/C58H116NO7P/c1-3-5-7-9-11-13-15-17-19-21-23-25-27-29-31-33-35-37-39-41-43-45-47-49-51-58(60)66-57(56-65-67(61,62)64-54-52-59)55-63-53-50-48-46-44-42-40-38-36-34-32-30-28-26-24-22-20-18-16-14-12-10-8-6-4-2/h22,24,57H,3-21,23,25-56,59H2,1-2H3,(H,61,62)/b24-22-. The second-order valence-corrected chi connectivity index (χ2v) is 21.7. The number of phosphoric acid groups is 1. The fourth-order valence-electron chi connectivity index (χ4n) is 9.06. The fourth-order valence-corrected chi connectivity index (χ4v) is 9.82. The molecule has 9 heteroatoms.